The van der Waals surface area contributed by atoms with E-state index < -0.39 is 0 Å². The van der Waals surface area contributed by atoms with Gasteiger partial charge in [-0.25, -0.2) is 9.97 Å². The molecule has 5 nitrogen and oxygen atoms in total. The Kier molecular flexibility index (Phi) is 5.01. The van der Waals surface area contributed by atoms with E-state index in [1.807, 2.05) is 56.3 Å². The molecule has 1 aliphatic heterocycles. The van der Waals surface area contributed by atoms with E-state index in [1.54, 1.807) is 11.0 Å². The van der Waals surface area contributed by atoms with Gasteiger partial charge in [-0.15, -0.1) is 0 Å². The minimum absolute atomic E-state index is 0.00495. The number of carbonyl (C=O) groups is 1. The summed E-state index contributed by atoms with van der Waals surface area (Å²) in [5.41, 5.74) is 2.76. The van der Waals surface area contributed by atoms with E-state index >= 15 is 0 Å². The van der Waals surface area contributed by atoms with Gasteiger partial charge in [-0.3, -0.25) is 4.79 Å². The van der Waals surface area contributed by atoms with Crippen LogP contribution in [0.2, 0.25) is 0 Å². The van der Waals surface area contributed by atoms with Crippen LogP contribution in [0.3, 0.4) is 0 Å². The Balaban J connectivity index is 1.68. The van der Waals surface area contributed by atoms with Crippen molar-refractivity contribution >= 4 is 12.0 Å². The van der Waals surface area contributed by atoms with Gasteiger partial charge in [0.2, 0.25) is 5.91 Å². The van der Waals surface area contributed by atoms with Crippen LogP contribution in [0, 0.1) is 13.8 Å². The highest BCUT2D eigenvalue weighted by atomic mass is 16.5. The highest BCUT2D eigenvalue weighted by molar-refractivity contribution is 5.91. The SMILES string of the molecule is Cc1cc(C2CN(C(=O)/C=C/c3ccccc3)CCO2)nc(C)n1. The van der Waals surface area contributed by atoms with Gasteiger partial charge >= 0.3 is 0 Å². The molecule has 1 aromatic carbocycles. The topological polar surface area (TPSA) is 55.3 Å². The molecule has 1 atom stereocenters. The average molecular weight is 323 g/mol. The lowest BCUT2D eigenvalue weighted by Gasteiger charge is -2.32. The molecule has 1 fully saturated rings. The van der Waals surface area contributed by atoms with E-state index in [0.717, 1.165) is 22.8 Å². The minimum Gasteiger partial charge on any atom is -0.368 e. The summed E-state index contributed by atoms with van der Waals surface area (Å²) < 4.78 is 5.81. The van der Waals surface area contributed by atoms with Crippen LogP contribution in [0.15, 0.2) is 42.5 Å². The van der Waals surface area contributed by atoms with Crippen molar-refractivity contribution in [3.05, 3.63) is 65.2 Å². The van der Waals surface area contributed by atoms with Crippen LogP contribution in [0.5, 0.6) is 0 Å². The van der Waals surface area contributed by atoms with Crippen molar-refractivity contribution in [3.8, 4) is 0 Å². The van der Waals surface area contributed by atoms with Crippen molar-refractivity contribution in [1.82, 2.24) is 14.9 Å². The first-order valence-corrected chi connectivity index (χ1v) is 8.07. The molecular formula is C19H21N3O2. The van der Waals surface area contributed by atoms with Crippen LogP contribution in [0.4, 0.5) is 0 Å². The second-order valence-corrected chi connectivity index (χ2v) is 5.87. The standard InChI is InChI=1S/C19H21N3O2/c1-14-12-17(21-15(2)20-14)18-13-22(10-11-24-18)19(23)9-8-16-6-4-3-5-7-16/h3-9,12,18H,10-11,13H2,1-2H3/b9-8+. The Bertz CT molecular complexity index is 723. The monoisotopic (exact) mass is 323 g/mol. The molecule has 0 bridgehead atoms. The second kappa shape index (κ2) is 7.36. The number of nitrogens with zero attached hydrogens (tertiary/aromatic N) is 3. The number of hydrogen-bond donors (Lipinski definition) is 0. The van der Waals surface area contributed by atoms with Gasteiger partial charge in [-0.05, 0) is 31.6 Å². The fraction of sp³-hybridized carbons (Fsp3) is 0.316. The smallest absolute Gasteiger partial charge is 0.246 e. The first kappa shape index (κ1) is 16.3. The largest absolute Gasteiger partial charge is 0.368 e. The number of carbonyl (C=O) groups excluding carboxylic acids is 1. The van der Waals surface area contributed by atoms with Crippen LogP contribution in [0.1, 0.15) is 28.9 Å². The molecule has 2 aromatic rings. The molecule has 1 amide bonds. The van der Waals surface area contributed by atoms with E-state index in [2.05, 4.69) is 9.97 Å². The molecule has 5 heteroatoms. The molecule has 0 saturated carbocycles. The molecule has 0 radical (unpaired) electrons. The van der Waals surface area contributed by atoms with Gasteiger partial charge in [0, 0.05) is 18.3 Å². The third-order valence-corrected chi connectivity index (χ3v) is 3.91. The Morgan fingerprint density at radius 2 is 2.04 bits per heavy atom. The summed E-state index contributed by atoms with van der Waals surface area (Å²) in [6.45, 7) is 5.42. The van der Waals surface area contributed by atoms with Crippen molar-refractivity contribution in [2.24, 2.45) is 0 Å². The molecule has 1 saturated heterocycles. The fourth-order valence-electron chi connectivity index (χ4n) is 2.78. The van der Waals surface area contributed by atoms with Gasteiger partial charge in [0.05, 0.1) is 18.8 Å². The summed E-state index contributed by atoms with van der Waals surface area (Å²) in [6, 6.07) is 11.7. The fourth-order valence-corrected chi connectivity index (χ4v) is 2.78. The lowest BCUT2D eigenvalue weighted by atomic mass is 10.1. The zero-order valence-electron chi connectivity index (χ0n) is 14.0. The number of aryl methyl sites for hydroxylation is 2. The Morgan fingerprint density at radius 3 is 2.79 bits per heavy atom. The van der Waals surface area contributed by atoms with Gasteiger partial charge in [0.1, 0.15) is 11.9 Å². The van der Waals surface area contributed by atoms with E-state index in [0.29, 0.717) is 19.7 Å². The predicted octanol–water partition coefficient (Wildman–Crippen LogP) is 2.71. The number of morpholine rings is 1. The second-order valence-electron chi connectivity index (χ2n) is 5.87. The normalized spacial score (nSPS) is 18.1. The van der Waals surface area contributed by atoms with Gasteiger partial charge in [0.15, 0.2) is 0 Å². The summed E-state index contributed by atoms with van der Waals surface area (Å²) in [7, 11) is 0. The van der Waals surface area contributed by atoms with Crippen molar-refractivity contribution in [2.45, 2.75) is 20.0 Å². The average Bonchev–Trinajstić information content (AvgIpc) is 2.60. The molecule has 0 N–H and O–H groups in total. The summed E-state index contributed by atoms with van der Waals surface area (Å²) in [6.07, 6.45) is 3.26. The number of amides is 1. The molecule has 1 aliphatic rings. The Morgan fingerprint density at radius 1 is 1.25 bits per heavy atom. The van der Waals surface area contributed by atoms with Crippen molar-refractivity contribution < 1.29 is 9.53 Å². The summed E-state index contributed by atoms with van der Waals surface area (Å²) in [4.78, 5) is 23.0. The Labute approximate surface area is 142 Å². The summed E-state index contributed by atoms with van der Waals surface area (Å²) in [5, 5.41) is 0. The van der Waals surface area contributed by atoms with E-state index in [-0.39, 0.29) is 12.0 Å². The van der Waals surface area contributed by atoms with Crippen molar-refractivity contribution in [1.29, 1.82) is 0 Å². The third-order valence-electron chi connectivity index (χ3n) is 3.91. The molecule has 24 heavy (non-hydrogen) atoms. The van der Waals surface area contributed by atoms with Crippen LogP contribution >= 0.6 is 0 Å². The number of hydrogen-bond acceptors (Lipinski definition) is 4. The molecule has 1 unspecified atom stereocenters. The van der Waals surface area contributed by atoms with E-state index in [4.69, 9.17) is 4.74 Å². The first-order valence-electron chi connectivity index (χ1n) is 8.07. The van der Waals surface area contributed by atoms with Crippen LogP contribution in [-0.2, 0) is 9.53 Å². The van der Waals surface area contributed by atoms with Crippen LogP contribution in [0.25, 0.3) is 6.08 Å². The molecular weight excluding hydrogens is 302 g/mol. The predicted molar refractivity (Wildman–Crippen MR) is 92.3 cm³/mol. The number of ether oxygens (including phenoxy) is 1. The molecule has 1 aromatic heterocycles. The molecule has 2 heterocycles. The van der Waals surface area contributed by atoms with E-state index in [1.165, 1.54) is 0 Å². The van der Waals surface area contributed by atoms with Gasteiger partial charge < -0.3 is 9.64 Å². The molecule has 3 rings (SSSR count). The van der Waals surface area contributed by atoms with Crippen molar-refractivity contribution in [2.75, 3.05) is 19.7 Å². The third kappa shape index (κ3) is 4.06. The maximum Gasteiger partial charge on any atom is 0.246 e. The summed E-state index contributed by atoms with van der Waals surface area (Å²) in [5.74, 6) is 0.718. The lowest BCUT2D eigenvalue weighted by Crippen LogP contribution is -2.41. The molecule has 0 aliphatic carbocycles. The van der Waals surface area contributed by atoms with Crippen molar-refractivity contribution in [3.63, 3.8) is 0 Å². The Hall–Kier alpha value is -2.53. The van der Waals surface area contributed by atoms with Crippen LogP contribution in [-0.4, -0.2) is 40.5 Å². The van der Waals surface area contributed by atoms with Gasteiger partial charge in [0.25, 0.3) is 0 Å². The minimum atomic E-state index is -0.201. The number of benzene rings is 1. The highest BCUT2D eigenvalue weighted by Gasteiger charge is 2.25. The highest BCUT2D eigenvalue weighted by Crippen LogP contribution is 2.21. The maximum absolute atomic E-state index is 12.4. The quantitative estimate of drug-likeness (QED) is 0.815. The number of rotatable bonds is 3. The molecule has 0 spiro atoms. The van der Waals surface area contributed by atoms with Gasteiger partial charge in [-0.1, -0.05) is 30.3 Å². The number of aromatic nitrogens is 2. The summed E-state index contributed by atoms with van der Waals surface area (Å²) >= 11 is 0. The zero-order chi connectivity index (χ0) is 16.9. The van der Waals surface area contributed by atoms with Gasteiger partial charge in [-0.2, -0.15) is 0 Å². The zero-order valence-corrected chi connectivity index (χ0v) is 14.0. The van der Waals surface area contributed by atoms with Crippen LogP contribution < -0.4 is 0 Å². The molecule has 124 valence electrons. The van der Waals surface area contributed by atoms with E-state index in [9.17, 15) is 4.79 Å². The first-order chi connectivity index (χ1) is 11.6. The lowest BCUT2D eigenvalue weighted by molar-refractivity contribution is -0.133. The maximum atomic E-state index is 12.4.